The third kappa shape index (κ3) is 3.06. The number of aryl methyl sites for hydroxylation is 1. The zero-order chi connectivity index (χ0) is 21.0. The lowest BCUT2D eigenvalue weighted by atomic mass is 9.85. The minimum atomic E-state index is -0.276. The smallest absolute Gasteiger partial charge is 0.149 e. The maximum Gasteiger partial charge on any atom is 0.149 e. The highest BCUT2D eigenvalue weighted by molar-refractivity contribution is 6.12. The van der Waals surface area contributed by atoms with Crippen LogP contribution in [0.5, 0.6) is 0 Å². The van der Waals surface area contributed by atoms with Crippen LogP contribution >= 0.6 is 0 Å². The van der Waals surface area contributed by atoms with Crippen molar-refractivity contribution in [1.82, 2.24) is 4.98 Å². The maximum atomic E-state index is 15.0. The van der Waals surface area contributed by atoms with Gasteiger partial charge in [-0.2, -0.15) is 0 Å². The Labute approximate surface area is 175 Å². The van der Waals surface area contributed by atoms with Crippen molar-refractivity contribution in [3.05, 3.63) is 77.7 Å². The monoisotopic (exact) mass is 397 g/mol. The summed E-state index contributed by atoms with van der Waals surface area (Å²) in [4.78, 5) is 4.54. The largest absolute Gasteiger partial charge is 0.455 e. The Morgan fingerprint density at radius 3 is 2.50 bits per heavy atom. The molecule has 0 bridgehead atoms. The molecule has 5 aromatic rings. The Kier molecular flexibility index (Phi) is 4.18. The zero-order valence-electron chi connectivity index (χ0n) is 17.7. The van der Waals surface area contributed by atoms with Crippen molar-refractivity contribution in [3.63, 3.8) is 0 Å². The van der Waals surface area contributed by atoms with Gasteiger partial charge in [-0.3, -0.25) is 4.98 Å². The normalized spacial score (nSPS) is 12.3. The standard InChI is InChI=1S/C27H24FNO/c1-16-12-20-18-9-5-6-11-23(18)30-26(20)21(13-16)25-19-10-7-8-17(14-27(2,3)4)24(19)22(28)15-29-25/h5-13,15H,14H2,1-4H3. The van der Waals surface area contributed by atoms with Gasteiger partial charge in [0.2, 0.25) is 0 Å². The quantitative estimate of drug-likeness (QED) is 0.303. The van der Waals surface area contributed by atoms with E-state index in [1.165, 1.54) is 6.20 Å². The van der Waals surface area contributed by atoms with Crippen LogP contribution in [-0.4, -0.2) is 4.98 Å². The van der Waals surface area contributed by atoms with Crippen LogP contribution < -0.4 is 0 Å². The first-order valence-electron chi connectivity index (χ1n) is 10.3. The van der Waals surface area contributed by atoms with Crippen molar-refractivity contribution >= 4 is 32.7 Å². The summed E-state index contributed by atoms with van der Waals surface area (Å²) in [6.45, 7) is 8.58. The third-order valence-corrected chi connectivity index (χ3v) is 5.55. The van der Waals surface area contributed by atoms with E-state index in [4.69, 9.17) is 4.42 Å². The highest BCUT2D eigenvalue weighted by Crippen LogP contribution is 2.39. The van der Waals surface area contributed by atoms with E-state index in [9.17, 15) is 4.39 Å². The molecule has 0 unspecified atom stereocenters. The number of nitrogens with zero attached hydrogens (tertiary/aromatic N) is 1. The second-order valence-electron chi connectivity index (χ2n) is 9.32. The van der Waals surface area contributed by atoms with Crippen molar-refractivity contribution in [2.24, 2.45) is 5.41 Å². The van der Waals surface area contributed by atoms with Gasteiger partial charge >= 0.3 is 0 Å². The van der Waals surface area contributed by atoms with Crippen LogP contribution in [-0.2, 0) is 6.42 Å². The summed E-state index contributed by atoms with van der Waals surface area (Å²) in [5, 5.41) is 3.62. The summed E-state index contributed by atoms with van der Waals surface area (Å²) in [6.07, 6.45) is 2.14. The fourth-order valence-corrected chi connectivity index (χ4v) is 4.42. The third-order valence-electron chi connectivity index (χ3n) is 5.55. The number of halogens is 1. The van der Waals surface area contributed by atoms with Crippen LogP contribution in [0.1, 0.15) is 31.9 Å². The lowest BCUT2D eigenvalue weighted by molar-refractivity contribution is 0.412. The molecule has 30 heavy (non-hydrogen) atoms. The molecule has 3 aromatic carbocycles. The molecule has 150 valence electrons. The predicted octanol–water partition coefficient (Wildman–Crippen LogP) is 7.84. The predicted molar refractivity (Wildman–Crippen MR) is 122 cm³/mol. The maximum absolute atomic E-state index is 15.0. The van der Waals surface area contributed by atoms with E-state index in [1.54, 1.807) is 0 Å². The fourth-order valence-electron chi connectivity index (χ4n) is 4.42. The van der Waals surface area contributed by atoms with Crippen LogP contribution in [0, 0.1) is 18.2 Å². The first kappa shape index (κ1) is 18.8. The molecule has 0 fully saturated rings. The van der Waals surface area contributed by atoms with Gasteiger partial charge in [-0.05, 0) is 48.1 Å². The number of hydrogen-bond donors (Lipinski definition) is 0. The second kappa shape index (κ2) is 6.66. The van der Waals surface area contributed by atoms with Crippen molar-refractivity contribution in [3.8, 4) is 11.3 Å². The second-order valence-corrected chi connectivity index (χ2v) is 9.32. The molecular weight excluding hydrogens is 373 g/mol. The van der Waals surface area contributed by atoms with E-state index in [1.807, 2.05) is 36.4 Å². The Balaban J connectivity index is 1.85. The summed E-state index contributed by atoms with van der Waals surface area (Å²) in [7, 11) is 0. The molecule has 0 amide bonds. The lowest BCUT2D eigenvalue weighted by Crippen LogP contribution is -2.10. The number of pyridine rings is 1. The SMILES string of the molecule is Cc1cc(-c2ncc(F)c3c(CC(C)(C)C)cccc23)c2oc3ccccc3c2c1. The summed E-state index contributed by atoms with van der Waals surface area (Å²) >= 11 is 0. The Morgan fingerprint density at radius 1 is 0.933 bits per heavy atom. The molecule has 0 aliphatic rings. The van der Waals surface area contributed by atoms with Gasteiger partial charge in [-0.1, -0.05) is 57.2 Å². The Bertz CT molecular complexity index is 1420. The molecule has 0 saturated carbocycles. The molecule has 0 aliphatic carbocycles. The topological polar surface area (TPSA) is 26.0 Å². The zero-order valence-corrected chi connectivity index (χ0v) is 17.7. The number of rotatable bonds is 2. The van der Waals surface area contributed by atoms with Gasteiger partial charge in [0.15, 0.2) is 0 Å². The molecular formula is C27H24FNO. The minimum absolute atomic E-state index is 0.0551. The molecule has 2 heterocycles. The number of benzene rings is 3. The van der Waals surface area contributed by atoms with Crippen LogP contribution in [0.4, 0.5) is 4.39 Å². The average molecular weight is 397 g/mol. The van der Waals surface area contributed by atoms with Gasteiger partial charge in [-0.15, -0.1) is 0 Å². The highest BCUT2D eigenvalue weighted by Gasteiger charge is 2.20. The van der Waals surface area contributed by atoms with Gasteiger partial charge in [-0.25, -0.2) is 4.39 Å². The van der Waals surface area contributed by atoms with Crippen LogP contribution in [0.2, 0.25) is 0 Å². The minimum Gasteiger partial charge on any atom is -0.455 e. The van der Waals surface area contributed by atoms with Gasteiger partial charge < -0.3 is 4.42 Å². The fraction of sp³-hybridized carbons (Fsp3) is 0.222. The molecule has 0 atom stereocenters. The molecule has 2 nitrogen and oxygen atoms in total. The summed E-state index contributed by atoms with van der Waals surface area (Å²) < 4.78 is 21.2. The van der Waals surface area contributed by atoms with Crippen LogP contribution in [0.15, 0.2) is 65.2 Å². The molecule has 3 heteroatoms. The summed E-state index contributed by atoms with van der Waals surface area (Å²) in [6, 6.07) is 18.2. The molecule has 0 N–H and O–H groups in total. The van der Waals surface area contributed by atoms with E-state index < -0.39 is 0 Å². The molecule has 5 rings (SSSR count). The van der Waals surface area contributed by atoms with Gasteiger partial charge in [0.05, 0.1) is 11.9 Å². The Hall–Kier alpha value is -3.20. The number of fused-ring (bicyclic) bond motifs is 4. The number of aromatic nitrogens is 1. The number of para-hydroxylation sites is 1. The van der Waals surface area contributed by atoms with Gasteiger partial charge in [0.25, 0.3) is 0 Å². The summed E-state index contributed by atoms with van der Waals surface area (Å²) in [5.41, 5.74) is 5.49. The van der Waals surface area contributed by atoms with Crippen molar-refractivity contribution in [1.29, 1.82) is 0 Å². The molecule has 0 aliphatic heterocycles. The first-order chi connectivity index (χ1) is 14.3. The lowest BCUT2D eigenvalue weighted by Gasteiger charge is -2.20. The van der Waals surface area contributed by atoms with Crippen molar-refractivity contribution in [2.45, 2.75) is 34.1 Å². The highest BCUT2D eigenvalue weighted by atomic mass is 19.1. The number of hydrogen-bond acceptors (Lipinski definition) is 2. The van der Waals surface area contributed by atoms with E-state index in [0.717, 1.165) is 56.1 Å². The molecule has 2 aromatic heterocycles. The van der Waals surface area contributed by atoms with Crippen molar-refractivity contribution < 1.29 is 8.81 Å². The average Bonchev–Trinajstić information content (AvgIpc) is 3.05. The van der Waals surface area contributed by atoms with Crippen LogP contribution in [0.25, 0.3) is 44.0 Å². The Morgan fingerprint density at radius 2 is 1.70 bits per heavy atom. The first-order valence-corrected chi connectivity index (χ1v) is 10.3. The van der Waals surface area contributed by atoms with Gasteiger partial charge in [0.1, 0.15) is 17.0 Å². The van der Waals surface area contributed by atoms with Gasteiger partial charge in [0, 0.05) is 27.1 Å². The van der Waals surface area contributed by atoms with E-state index >= 15 is 0 Å². The van der Waals surface area contributed by atoms with Crippen molar-refractivity contribution in [2.75, 3.05) is 0 Å². The molecule has 0 spiro atoms. The number of furan rings is 1. The van der Waals surface area contributed by atoms with Crippen LogP contribution in [0.3, 0.4) is 0 Å². The van der Waals surface area contributed by atoms with E-state index in [0.29, 0.717) is 5.39 Å². The summed E-state index contributed by atoms with van der Waals surface area (Å²) in [5.74, 6) is -0.276. The molecule has 0 radical (unpaired) electrons. The van der Waals surface area contributed by atoms with E-state index in [2.05, 4.69) is 50.9 Å². The van der Waals surface area contributed by atoms with E-state index in [-0.39, 0.29) is 11.2 Å². The molecule has 0 saturated heterocycles.